The zero-order chi connectivity index (χ0) is 15.6. The van der Waals surface area contributed by atoms with E-state index in [4.69, 9.17) is 4.98 Å². The minimum atomic E-state index is 0.588. The van der Waals surface area contributed by atoms with E-state index >= 15 is 0 Å². The molecule has 0 atom stereocenters. The first-order valence-electron chi connectivity index (χ1n) is 8.19. The first-order chi connectivity index (χ1) is 11.3. The fourth-order valence-corrected chi connectivity index (χ4v) is 2.72. The van der Waals surface area contributed by atoms with Gasteiger partial charge in [-0.25, -0.2) is 9.97 Å². The summed E-state index contributed by atoms with van der Waals surface area (Å²) < 4.78 is 2.11. The van der Waals surface area contributed by atoms with E-state index in [9.17, 15) is 0 Å². The van der Waals surface area contributed by atoms with Crippen molar-refractivity contribution in [3.05, 3.63) is 47.7 Å². The summed E-state index contributed by atoms with van der Waals surface area (Å²) >= 11 is 0. The van der Waals surface area contributed by atoms with Crippen LogP contribution in [0.1, 0.15) is 43.5 Å². The van der Waals surface area contributed by atoms with Gasteiger partial charge in [0, 0.05) is 24.9 Å². The molecule has 0 bridgehead atoms. The van der Waals surface area contributed by atoms with Gasteiger partial charge in [-0.3, -0.25) is 9.98 Å². The second kappa shape index (κ2) is 5.95. The fraction of sp³-hybridized carbons (Fsp3) is 0.412. The number of hydrogen-bond donors (Lipinski definition) is 1. The van der Waals surface area contributed by atoms with Gasteiger partial charge in [0.15, 0.2) is 11.1 Å². The van der Waals surface area contributed by atoms with Crippen LogP contribution in [0.5, 0.6) is 0 Å². The van der Waals surface area contributed by atoms with Gasteiger partial charge in [0.1, 0.15) is 11.3 Å². The SMILES string of the molecule is CCCn1cnc(=NCc2ccncc2)c2[nH]c(C3CC3)nc21. The number of nitrogens with one attached hydrogen (secondary N) is 1. The Morgan fingerprint density at radius 1 is 1.30 bits per heavy atom. The van der Waals surface area contributed by atoms with Crippen LogP contribution in [0.3, 0.4) is 0 Å². The summed E-state index contributed by atoms with van der Waals surface area (Å²) in [6, 6.07) is 3.95. The minimum Gasteiger partial charge on any atom is -0.337 e. The molecule has 23 heavy (non-hydrogen) atoms. The Labute approximate surface area is 134 Å². The van der Waals surface area contributed by atoms with Crippen molar-refractivity contribution in [2.24, 2.45) is 4.99 Å². The summed E-state index contributed by atoms with van der Waals surface area (Å²) in [4.78, 5) is 21.5. The minimum absolute atomic E-state index is 0.588. The van der Waals surface area contributed by atoms with Gasteiger partial charge in [0.2, 0.25) is 0 Å². The van der Waals surface area contributed by atoms with E-state index in [0.29, 0.717) is 12.5 Å². The molecule has 0 amide bonds. The third-order valence-corrected chi connectivity index (χ3v) is 4.11. The Morgan fingerprint density at radius 2 is 2.13 bits per heavy atom. The predicted octanol–water partition coefficient (Wildman–Crippen LogP) is 2.54. The van der Waals surface area contributed by atoms with Gasteiger partial charge in [0.25, 0.3) is 0 Å². The second-order valence-corrected chi connectivity index (χ2v) is 6.03. The Morgan fingerprint density at radius 3 is 2.87 bits per heavy atom. The van der Waals surface area contributed by atoms with E-state index in [1.807, 2.05) is 18.5 Å². The van der Waals surface area contributed by atoms with Crippen molar-refractivity contribution in [2.45, 2.75) is 45.2 Å². The number of pyridine rings is 1. The molecule has 3 heterocycles. The van der Waals surface area contributed by atoms with Crippen LogP contribution in [-0.4, -0.2) is 24.5 Å². The van der Waals surface area contributed by atoms with Gasteiger partial charge in [-0.1, -0.05) is 6.92 Å². The standard InChI is InChI=1S/C17H20N6/c1-2-9-23-11-20-16(19-10-12-5-7-18-8-6-12)14-17(23)22-15(21-14)13-3-4-13/h5-8,11,13H,2-4,9-10H2,1H3,(H,21,22). The van der Waals surface area contributed by atoms with Crippen LogP contribution < -0.4 is 5.49 Å². The van der Waals surface area contributed by atoms with Crippen molar-refractivity contribution in [1.29, 1.82) is 0 Å². The van der Waals surface area contributed by atoms with Gasteiger partial charge >= 0.3 is 0 Å². The number of imidazole rings is 1. The maximum atomic E-state index is 4.81. The average molecular weight is 308 g/mol. The smallest absolute Gasteiger partial charge is 0.177 e. The molecule has 118 valence electrons. The molecule has 0 aromatic carbocycles. The predicted molar refractivity (Wildman–Crippen MR) is 87.6 cm³/mol. The van der Waals surface area contributed by atoms with Crippen molar-refractivity contribution in [3.63, 3.8) is 0 Å². The molecule has 1 fully saturated rings. The third-order valence-electron chi connectivity index (χ3n) is 4.11. The van der Waals surface area contributed by atoms with E-state index in [-0.39, 0.29) is 0 Å². The summed E-state index contributed by atoms with van der Waals surface area (Å²) in [5, 5.41) is 0. The van der Waals surface area contributed by atoms with Crippen molar-refractivity contribution < 1.29 is 0 Å². The van der Waals surface area contributed by atoms with Crippen LogP contribution >= 0.6 is 0 Å². The molecule has 0 unspecified atom stereocenters. The Bertz CT molecular complexity index is 873. The number of hydrogen-bond acceptors (Lipinski definition) is 4. The number of aromatic nitrogens is 5. The number of rotatable bonds is 5. The van der Waals surface area contributed by atoms with Crippen molar-refractivity contribution >= 4 is 11.2 Å². The molecule has 0 aliphatic heterocycles. The molecule has 1 N–H and O–H groups in total. The van der Waals surface area contributed by atoms with E-state index in [1.54, 1.807) is 12.4 Å². The first kappa shape index (κ1) is 14.1. The van der Waals surface area contributed by atoms with Gasteiger partial charge in [-0.15, -0.1) is 0 Å². The fourth-order valence-electron chi connectivity index (χ4n) is 2.72. The zero-order valence-electron chi connectivity index (χ0n) is 13.2. The van der Waals surface area contributed by atoms with E-state index < -0.39 is 0 Å². The van der Waals surface area contributed by atoms with Gasteiger partial charge < -0.3 is 9.55 Å². The van der Waals surface area contributed by atoms with Gasteiger partial charge in [-0.05, 0) is 37.0 Å². The van der Waals surface area contributed by atoms with Crippen LogP contribution in [0.15, 0.2) is 35.8 Å². The lowest BCUT2D eigenvalue weighted by Crippen LogP contribution is -2.14. The molecule has 0 spiro atoms. The van der Waals surface area contributed by atoms with Crippen LogP contribution in [0, 0.1) is 0 Å². The topological polar surface area (TPSA) is 71.8 Å². The second-order valence-electron chi connectivity index (χ2n) is 6.03. The number of fused-ring (bicyclic) bond motifs is 1. The summed E-state index contributed by atoms with van der Waals surface area (Å²) in [5.41, 5.74) is 3.79. The highest BCUT2D eigenvalue weighted by molar-refractivity contribution is 5.69. The maximum absolute atomic E-state index is 4.81. The van der Waals surface area contributed by atoms with Crippen molar-refractivity contribution in [3.8, 4) is 0 Å². The van der Waals surface area contributed by atoms with Crippen LogP contribution in [-0.2, 0) is 13.1 Å². The molecule has 4 rings (SSSR count). The van der Waals surface area contributed by atoms with E-state index in [2.05, 4.69) is 31.4 Å². The number of aromatic amines is 1. The molecule has 6 heteroatoms. The molecular weight excluding hydrogens is 288 g/mol. The molecule has 1 aliphatic rings. The molecule has 3 aromatic rings. The summed E-state index contributed by atoms with van der Waals surface area (Å²) in [6.45, 7) is 3.68. The first-order valence-corrected chi connectivity index (χ1v) is 8.19. The van der Waals surface area contributed by atoms with Crippen molar-refractivity contribution in [2.75, 3.05) is 0 Å². The number of aryl methyl sites for hydroxylation is 1. The van der Waals surface area contributed by atoms with Crippen LogP contribution in [0.25, 0.3) is 11.2 Å². The molecule has 1 aliphatic carbocycles. The van der Waals surface area contributed by atoms with Gasteiger partial charge in [-0.2, -0.15) is 0 Å². The lowest BCUT2D eigenvalue weighted by atomic mass is 10.3. The molecule has 3 aromatic heterocycles. The number of H-pyrrole nitrogens is 1. The maximum Gasteiger partial charge on any atom is 0.177 e. The Hall–Kier alpha value is -2.50. The summed E-state index contributed by atoms with van der Waals surface area (Å²) in [5.74, 6) is 1.67. The average Bonchev–Trinajstić information content (AvgIpc) is 3.34. The quantitative estimate of drug-likeness (QED) is 0.787. The highest BCUT2D eigenvalue weighted by atomic mass is 15.1. The van der Waals surface area contributed by atoms with Gasteiger partial charge in [0.05, 0.1) is 12.9 Å². The van der Waals surface area contributed by atoms with E-state index in [1.165, 1.54) is 12.8 Å². The lowest BCUT2D eigenvalue weighted by molar-refractivity contribution is 0.675. The Balaban J connectivity index is 1.78. The highest BCUT2D eigenvalue weighted by Gasteiger charge is 2.27. The zero-order valence-corrected chi connectivity index (χ0v) is 13.2. The highest BCUT2D eigenvalue weighted by Crippen LogP contribution is 2.38. The normalized spacial score (nSPS) is 15.4. The van der Waals surface area contributed by atoms with Crippen LogP contribution in [0.4, 0.5) is 0 Å². The third kappa shape index (κ3) is 2.88. The number of nitrogens with zero attached hydrogens (tertiary/aromatic N) is 5. The monoisotopic (exact) mass is 308 g/mol. The molecule has 6 nitrogen and oxygen atoms in total. The largest absolute Gasteiger partial charge is 0.337 e. The van der Waals surface area contributed by atoms with Crippen LogP contribution in [0.2, 0.25) is 0 Å². The molecule has 1 saturated carbocycles. The molecule has 0 saturated heterocycles. The summed E-state index contributed by atoms with van der Waals surface area (Å²) in [6.07, 6.45) is 8.94. The Kier molecular flexibility index (Phi) is 3.65. The van der Waals surface area contributed by atoms with Crippen molar-refractivity contribution in [1.82, 2.24) is 24.5 Å². The molecule has 0 radical (unpaired) electrons. The molecular formula is C17H20N6. The summed E-state index contributed by atoms with van der Waals surface area (Å²) in [7, 11) is 0. The van der Waals surface area contributed by atoms with E-state index in [0.717, 1.165) is 41.0 Å². The lowest BCUT2D eigenvalue weighted by Gasteiger charge is -2.04.